The first-order valence-corrected chi connectivity index (χ1v) is 13.7. The van der Waals surface area contributed by atoms with Gasteiger partial charge in [-0.05, 0) is 65.2 Å². The number of carbonyl (C=O) groups excluding carboxylic acids is 2. The zero-order valence-electron chi connectivity index (χ0n) is 21.7. The highest BCUT2D eigenvalue weighted by molar-refractivity contribution is 7.10. The number of hydrogen-bond acceptors (Lipinski definition) is 6. The third kappa shape index (κ3) is 5.41. The highest BCUT2D eigenvalue weighted by Gasteiger charge is 2.33. The standard InChI is InChI=1S/C30H32N2O5S/c1-4-13-31(30(34)22-7-10-26-27(16-22)37-19-36-26)17-29(33)32-14-11-28-24(12-15-38-28)25(32)18-35-23-8-5-21(6-9-23)20(2)3/h4-10,12,15-16,20,25H,1,11,13-14,17-19H2,2-3H3/t25-/m1/s1. The third-order valence-electron chi connectivity index (χ3n) is 6.95. The first-order chi connectivity index (χ1) is 18.4. The predicted octanol–water partition coefficient (Wildman–Crippen LogP) is 5.43. The van der Waals surface area contributed by atoms with Gasteiger partial charge >= 0.3 is 0 Å². The lowest BCUT2D eigenvalue weighted by molar-refractivity contribution is -0.135. The SMILES string of the molecule is C=CCN(CC(=O)N1CCc2sccc2[C@H]1COc1ccc(C(C)C)cc1)C(=O)c1ccc2c(c1)OCO2. The average Bonchev–Trinajstić information content (AvgIpc) is 3.60. The van der Waals surface area contributed by atoms with Crippen LogP contribution < -0.4 is 14.2 Å². The van der Waals surface area contributed by atoms with Gasteiger partial charge < -0.3 is 24.0 Å². The molecule has 5 rings (SSSR count). The molecule has 0 saturated carbocycles. The molecule has 0 N–H and O–H groups in total. The van der Waals surface area contributed by atoms with Crippen molar-refractivity contribution in [3.05, 3.63) is 88.1 Å². The molecule has 0 saturated heterocycles. The zero-order valence-corrected chi connectivity index (χ0v) is 22.5. The van der Waals surface area contributed by atoms with Crippen LogP contribution in [0.3, 0.4) is 0 Å². The van der Waals surface area contributed by atoms with Crippen molar-refractivity contribution in [3.8, 4) is 17.2 Å². The maximum absolute atomic E-state index is 13.7. The minimum absolute atomic E-state index is 0.0572. The van der Waals surface area contributed by atoms with Crippen molar-refractivity contribution in [1.82, 2.24) is 9.80 Å². The van der Waals surface area contributed by atoms with Crippen LogP contribution >= 0.6 is 11.3 Å². The van der Waals surface area contributed by atoms with E-state index >= 15 is 0 Å². The summed E-state index contributed by atoms with van der Waals surface area (Å²) >= 11 is 1.71. The Morgan fingerprint density at radius 1 is 1.16 bits per heavy atom. The maximum Gasteiger partial charge on any atom is 0.254 e. The molecule has 2 amide bonds. The van der Waals surface area contributed by atoms with Crippen LogP contribution in [0.15, 0.2) is 66.6 Å². The number of nitrogens with zero attached hydrogens (tertiary/aromatic N) is 2. The largest absolute Gasteiger partial charge is 0.491 e. The minimum atomic E-state index is -0.261. The van der Waals surface area contributed by atoms with E-state index in [1.807, 2.05) is 17.0 Å². The van der Waals surface area contributed by atoms with E-state index in [-0.39, 0.29) is 37.7 Å². The van der Waals surface area contributed by atoms with Crippen LogP contribution in [0.5, 0.6) is 17.2 Å². The normalized spacial score (nSPS) is 15.8. The monoisotopic (exact) mass is 532 g/mol. The highest BCUT2D eigenvalue weighted by atomic mass is 32.1. The number of carbonyl (C=O) groups is 2. The van der Waals surface area contributed by atoms with Crippen LogP contribution in [0.4, 0.5) is 0 Å². The van der Waals surface area contributed by atoms with Gasteiger partial charge in [0.25, 0.3) is 5.91 Å². The zero-order chi connectivity index (χ0) is 26.6. The predicted molar refractivity (Wildman–Crippen MR) is 147 cm³/mol. The summed E-state index contributed by atoms with van der Waals surface area (Å²) < 4.78 is 17.0. The first-order valence-electron chi connectivity index (χ1n) is 12.8. The second-order valence-electron chi connectivity index (χ2n) is 9.73. The molecule has 3 heterocycles. The molecular formula is C30H32N2O5S. The minimum Gasteiger partial charge on any atom is -0.491 e. The van der Waals surface area contributed by atoms with E-state index in [9.17, 15) is 9.59 Å². The topological polar surface area (TPSA) is 68.3 Å². The summed E-state index contributed by atoms with van der Waals surface area (Å²) in [6.07, 6.45) is 2.42. The fourth-order valence-electron chi connectivity index (χ4n) is 4.84. The van der Waals surface area contributed by atoms with Crippen LogP contribution in [-0.2, 0) is 11.2 Å². The van der Waals surface area contributed by atoms with Crippen molar-refractivity contribution < 1.29 is 23.8 Å². The van der Waals surface area contributed by atoms with Gasteiger partial charge in [0.1, 0.15) is 18.9 Å². The number of amides is 2. The molecule has 0 aliphatic carbocycles. The van der Waals surface area contributed by atoms with E-state index < -0.39 is 0 Å². The molecule has 3 aromatic rings. The Bertz CT molecular complexity index is 1320. The van der Waals surface area contributed by atoms with E-state index in [1.54, 1.807) is 35.6 Å². The lowest BCUT2D eigenvalue weighted by Crippen LogP contribution is -2.47. The molecule has 38 heavy (non-hydrogen) atoms. The van der Waals surface area contributed by atoms with Gasteiger partial charge in [0.15, 0.2) is 11.5 Å². The second-order valence-corrected chi connectivity index (χ2v) is 10.7. The Labute approximate surface area is 227 Å². The molecule has 2 aliphatic heterocycles. The smallest absolute Gasteiger partial charge is 0.254 e. The Kier molecular flexibility index (Phi) is 7.69. The molecule has 2 aromatic carbocycles. The number of rotatable bonds is 9. The summed E-state index contributed by atoms with van der Waals surface area (Å²) in [6.45, 7) is 9.35. The van der Waals surface area contributed by atoms with Gasteiger partial charge in [-0.1, -0.05) is 32.1 Å². The highest BCUT2D eigenvalue weighted by Crippen LogP contribution is 2.35. The number of thiophene rings is 1. The Morgan fingerprint density at radius 3 is 2.71 bits per heavy atom. The lowest BCUT2D eigenvalue weighted by Gasteiger charge is -2.37. The van der Waals surface area contributed by atoms with Crippen molar-refractivity contribution in [2.75, 3.05) is 33.0 Å². The summed E-state index contributed by atoms with van der Waals surface area (Å²) in [5.74, 6) is 1.97. The van der Waals surface area contributed by atoms with Gasteiger partial charge in [-0.3, -0.25) is 9.59 Å². The maximum atomic E-state index is 13.7. The third-order valence-corrected chi connectivity index (χ3v) is 7.95. The fourth-order valence-corrected chi connectivity index (χ4v) is 5.77. The van der Waals surface area contributed by atoms with Crippen LogP contribution in [0.25, 0.3) is 0 Å². The molecule has 1 aromatic heterocycles. The van der Waals surface area contributed by atoms with E-state index in [0.717, 1.165) is 17.7 Å². The Balaban J connectivity index is 1.32. The van der Waals surface area contributed by atoms with E-state index in [2.05, 4.69) is 44.0 Å². The summed E-state index contributed by atoms with van der Waals surface area (Å²) in [6, 6.07) is 15.0. The van der Waals surface area contributed by atoms with Crippen LogP contribution in [0.2, 0.25) is 0 Å². The molecule has 0 radical (unpaired) electrons. The van der Waals surface area contributed by atoms with Gasteiger partial charge in [0.2, 0.25) is 12.7 Å². The molecule has 0 spiro atoms. The molecule has 2 aliphatic rings. The summed E-state index contributed by atoms with van der Waals surface area (Å²) in [7, 11) is 0. The summed E-state index contributed by atoms with van der Waals surface area (Å²) in [5, 5.41) is 2.07. The van der Waals surface area contributed by atoms with Gasteiger partial charge in [-0.25, -0.2) is 0 Å². The number of fused-ring (bicyclic) bond motifs is 2. The van der Waals surface area contributed by atoms with Gasteiger partial charge in [0.05, 0.1) is 6.04 Å². The van der Waals surface area contributed by atoms with Gasteiger partial charge in [-0.2, -0.15) is 0 Å². The number of ether oxygens (including phenoxy) is 3. The molecule has 198 valence electrons. The Morgan fingerprint density at radius 2 is 1.95 bits per heavy atom. The molecule has 0 bridgehead atoms. The second kappa shape index (κ2) is 11.3. The number of benzene rings is 2. The van der Waals surface area contributed by atoms with E-state index in [4.69, 9.17) is 14.2 Å². The van der Waals surface area contributed by atoms with Crippen molar-refractivity contribution in [1.29, 1.82) is 0 Å². The van der Waals surface area contributed by atoms with Crippen molar-refractivity contribution in [2.45, 2.75) is 32.2 Å². The van der Waals surface area contributed by atoms with E-state index in [1.165, 1.54) is 15.3 Å². The molecule has 0 fully saturated rings. The van der Waals surface area contributed by atoms with Gasteiger partial charge in [-0.15, -0.1) is 17.9 Å². The molecular weight excluding hydrogens is 500 g/mol. The van der Waals surface area contributed by atoms with Crippen molar-refractivity contribution >= 4 is 23.2 Å². The van der Waals surface area contributed by atoms with Crippen molar-refractivity contribution in [2.24, 2.45) is 0 Å². The van der Waals surface area contributed by atoms with Crippen LogP contribution in [-0.4, -0.2) is 54.6 Å². The quantitative estimate of drug-likeness (QED) is 0.344. The molecule has 0 unspecified atom stereocenters. The molecule has 1 atom stereocenters. The fraction of sp³-hybridized carbons (Fsp3) is 0.333. The summed E-state index contributed by atoms with van der Waals surface area (Å²) in [5.41, 5.74) is 2.81. The lowest BCUT2D eigenvalue weighted by atomic mass is 10.00. The molecule has 8 heteroatoms. The average molecular weight is 533 g/mol. The summed E-state index contributed by atoms with van der Waals surface area (Å²) in [4.78, 5) is 31.7. The number of hydrogen-bond donors (Lipinski definition) is 0. The van der Waals surface area contributed by atoms with E-state index in [0.29, 0.717) is 36.1 Å². The Hall–Kier alpha value is -3.78. The van der Waals surface area contributed by atoms with Crippen molar-refractivity contribution in [3.63, 3.8) is 0 Å². The van der Waals surface area contributed by atoms with Crippen LogP contribution in [0.1, 0.15) is 52.2 Å². The van der Waals surface area contributed by atoms with Crippen LogP contribution in [0, 0.1) is 0 Å². The van der Waals surface area contributed by atoms with Gasteiger partial charge in [0, 0.05) is 23.5 Å². The molecule has 7 nitrogen and oxygen atoms in total. The first kappa shape index (κ1) is 25.9.